The summed E-state index contributed by atoms with van der Waals surface area (Å²) in [6.07, 6.45) is 2.47. The third kappa shape index (κ3) is 5.34. The topological polar surface area (TPSA) is 73.7 Å². The number of benzene rings is 2. The molecule has 0 radical (unpaired) electrons. The second-order valence-electron chi connectivity index (χ2n) is 6.70. The van der Waals surface area contributed by atoms with Crippen LogP contribution in [0.4, 0.5) is 0 Å². The van der Waals surface area contributed by atoms with Gasteiger partial charge in [0, 0.05) is 20.0 Å². The summed E-state index contributed by atoms with van der Waals surface area (Å²) >= 11 is 0. The van der Waals surface area contributed by atoms with Crippen molar-refractivity contribution in [3.63, 3.8) is 0 Å². The average Bonchev–Trinajstić information content (AvgIpc) is 2.75. The molecule has 152 valence electrons. The summed E-state index contributed by atoms with van der Waals surface area (Å²) in [5.74, 6) is 1.52. The van der Waals surface area contributed by atoms with Gasteiger partial charge in [-0.25, -0.2) is 4.98 Å². The smallest absolute Gasteiger partial charge is 0.261 e. The highest BCUT2D eigenvalue weighted by atomic mass is 16.5. The third-order valence-electron chi connectivity index (χ3n) is 4.70. The first-order chi connectivity index (χ1) is 14.1. The maximum Gasteiger partial charge on any atom is 0.261 e. The predicted octanol–water partition coefficient (Wildman–Crippen LogP) is 2.72. The Kier molecular flexibility index (Phi) is 6.84. The molecule has 0 aliphatic rings. The molecule has 7 heteroatoms. The van der Waals surface area contributed by atoms with Crippen LogP contribution in [-0.2, 0) is 11.3 Å². The first-order valence-corrected chi connectivity index (χ1v) is 9.53. The van der Waals surface area contributed by atoms with Crippen molar-refractivity contribution >= 4 is 16.8 Å². The number of hydrogen-bond donors (Lipinski definition) is 0. The molecule has 1 heterocycles. The second-order valence-corrected chi connectivity index (χ2v) is 6.70. The van der Waals surface area contributed by atoms with Gasteiger partial charge in [-0.3, -0.25) is 14.2 Å². The van der Waals surface area contributed by atoms with Gasteiger partial charge in [0.15, 0.2) is 0 Å². The fraction of sp³-hybridized carbons (Fsp3) is 0.318. The molecule has 1 amide bonds. The number of rotatable bonds is 9. The summed E-state index contributed by atoms with van der Waals surface area (Å²) in [6, 6.07) is 14.6. The van der Waals surface area contributed by atoms with Crippen molar-refractivity contribution in [1.82, 2.24) is 14.5 Å². The van der Waals surface area contributed by atoms with E-state index in [9.17, 15) is 9.59 Å². The number of amides is 1. The van der Waals surface area contributed by atoms with E-state index in [1.54, 1.807) is 36.0 Å². The Morgan fingerprint density at radius 2 is 1.83 bits per heavy atom. The number of fused-ring (bicyclic) bond motifs is 1. The molecule has 0 bridgehead atoms. The standard InChI is InChI=1S/C22H25N3O4/c1-24(14-15-29-18-11-9-17(28-2)10-12-18)21(26)8-5-13-25-16-23-20-7-4-3-6-19(20)22(25)27/h3-4,6-7,9-12,16H,5,8,13-15H2,1-2H3. The van der Waals surface area contributed by atoms with Crippen LogP contribution < -0.4 is 15.0 Å². The number of aryl methyl sites for hydroxylation is 1. The minimum atomic E-state index is -0.0794. The number of ether oxygens (including phenoxy) is 2. The van der Waals surface area contributed by atoms with Crippen LogP contribution in [0.2, 0.25) is 0 Å². The molecule has 0 saturated heterocycles. The highest BCUT2D eigenvalue weighted by molar-refractivity contribution is 5.77. The van der Waals surface area contributed by atoms with Crippen molar-refractivity contribution in [3.05, 3.63) is 65.2 Å². The summed E-state index contributed by atoms with van der Waals surface area (Å²) in [4.78, 5) is 30.7. The lowest BCUT2D eigenvalue weighted by atomic mass is 10.2. The monoisotopic (exact) mass is 395 g/mol. The van der Waals surface area contributed by atoms with E-state index in [0.29, 0.717) is 43.4 Å². The quantitative estimate of drug-likeness (QED) is 0.557. The fourth-order valence-corrected chi connectivity index (χ4v) is 2.95. The lowest BCUT2D eigenvalue weighted by molar-refractivity contribution is -0.130. The number of aromatic nitrogens is 2. The van der Waals surface area contributed by atoms with Crippen LogP contribution in [0.3, 0.4) is 0 Å². The first kappa shape index (κ1) is 20.4. The Labute approximate surface area is 169 Å². The van der Waals surface area contributed by atoms with Crippen molar-refractivity contribution in [3.8, 4) is 11.5 Å². The Morgan fingerprint density at radius 3 is 2.59 bits per heavy atom. The molecular weight excluding hydrogens is 370 g/mol. The van der Waals surface area contributed by atoms with Crippen LogP contribution in [0.5, 0.6) is 11.5 Å². The molecule has 0 fully saturated rings. The van der Waals surface area contributed by atoms with E-state index in [0.717, 1.165) is 11.5 Å². The zero-order chi connectivity index (χ0) is 20.6. The van der Waals surface area contributed by atoms with Gasteiger partial charge in [0.05, 0.1) is 30.9 Å². The Morgan fingerprint density at radius 1 is 1.10 bits per heavy atom. The van der Waals surface area contributed by atoms with Crippen molar-refractivity contribution in [2.75, 3.05) is 27.3 Å². The molecule has 7 nitrogen and oxygen atoms in total. The van der Waals surface area contributed by atoms with Crippen LogP contribution in [0, 0.1) is 0 Å². The van der Waals surface area contributed by atoms with Gasteiger partial charge in [0.2, 0.25) is 5.91 Å². The van der Waals surface area contributed by atoms with Crippen LogP contribution in [0.1, 0.15) is 12.8 Å². The zero-order valence-corrected chi connectivity index (χ0v) is 16.7. The summed E-state index contributed by atoms with van der Waals surface area (Å²) < 4.78 is 12.3. The molecule has 3 aromatic rings. The number of carbonyl (C=O) groups excluding carboxylic acids is 1. The number of carbonyl (C=O) groups is 1. The van der Waals surface area contributed by atoms with Gasteiger partial charge in [-0.15, -0.1) is 0 Å². The Balaban J connectivity index is 1.43. The summed E-state index contributed by atoms with van der Waals surface area (Å²) in [6.45, 7) is 1.35. The van der Waals surface area contributed by atoms with E-state index in [2.05, 4.69) is 4.98 Å². The molecule has 0 N–H and O–H groups in total. The molecule has 0 spiro atoms. The van der Waals surface area contributed by atoms with Gasteiger partial charge in [0.1, 0.15) is 18.1 Å². The highest BCUT2D eigenvalue weighted by Gasteiger charge is 2.10. The fourth-order valence-electron chi connectivity index (χ4n) is 2.95. The average molecular weight is 395 g/mol. The number of methoxy groups -OCH3 is 1. The second kappa shape index (κ2) is 9.73. The maximum atomic E-state index is 12.5. The van der Waals surface area contributed by atoms with Crippen LogP contribution in [0.15, 0.2) is 59.7 Å². The minimum absolute atomic E-state index is 0.0186. The van der Waals surface area contributed by atoms with Gasteiger partial charge in [0.25, 0.3) is 5.56 Å². The van der Waals surface area contributed by atoms with E-state index in [4.69, 9.17) is 9.47 Å². The zero-order valence-electron chi connectivity index (χ0n) is 16.7. The van der Waals surface area contributed by atoms with E-state index < -0.39 is 0 Å². The van der Waals surface area contributed by atoms with E-state index in [1.165, 1.54) is 0 Å². The molecule has 0 unspecified atom stereocenters. The van der Waals surface area contributed by atoms with Gasteiger partial charge < -0.3 is 14.4 Å². The van der Waals surface area contributed by atoms with Gasteiger partial charge in [-0.2, -0.15) is 0 Å². The molecule has 2 aromatic carbocycles. The highest BCUT2D eigenvalue weighted by Crippen LogP contribution is 2.16. The van der Waals surface area contributed by atoms with E-state index >= 15 is 0 Å². The van der Waals surface area contributed by atoms with Crippen molar-refractivity contribution in [1.29, 1.82) is 0 Å². The first-order valence-electron chi connectivity index (χ1n) is 9.53. The Hall–Kier alpha value is -3.35. The molecule has 1 aromatic heterocycles. The lowest BCUT2D eigenvalue weighted by Gasteiger charge is -2.17. The molecule has 0 atom stereocenters. The molecule has 0 aliphatic heterocycles. The maximum absolute atomic E-state index is 12.5. The summed E-state index contributed by atoms with van der Waals surface area (Å²) in [5, 5.41) is 0.592. The number of likely N-dealkylation sites (N-methyl/N-ethyl adjacent to an activating group) is 1. The van der Waals surface area contributed by atoms with Crippen molar-refractivity contribution in [2.45, 2.75) is 19.4 Å². The molecule has 29 heavy (non-hydrogen) atoms. The summed E-state index contributed by atoms with van der Waals surface area (Å²) in [7, 11) is 3.37. The van der Waals surface area contributed by atoms with Crippen LogP contribution in [-0.4, -0.2) is 47.7 Å². The number of para-hydroxylation sites is 1. The predicted molar refractivity (Wildman–Crippen MR) is 111 cm³/mol. The van der Waals surface area contributed by atoms with E-state index in [1.807, 2.05) is 42.5 Å². The van der Waals surface area contributed by atoms with Crippen LogP contribution in [0.25, 0.3) is 10.9 Å². The largest absolute Gasteiger partial charge is 0.497 e. The molecule has 0 aliphatic carbocycles. The summed E-state index contributed by atoms with van der Waals surface area (Å²) in [5.41, 5.74) is 0.603. The van der Waals surface area contributed by atoms with E-state index in [-0.39, 0.29) is 11.5 Å². The third-order valence-corrected chi connectivity index (χ3v) is 4.70. The van der Waals surface area contributed by atoms with Gasteiger partial charge >= 0.3 is 0 Å². The molecule has 3 rings (SSSR count). The van der Waals surface area contributed by atoms with Crippen molar-refractivity contribution < 1.29 is 14.3 Å². The molecular formula is C22H25N3O4. The van der Waals surface area contributed by atoms with Crippen LogP contribution >= 0.6 is 0 Å². The number of nitrogens with zero attached hydrogens (tertiary/aromatic N) is 3. The number of hydrogen-bond acceptors (Lipinski definition) is 5. The van der Waals surface area contributed by atoms with Gasteiger partial charge in [-0.05, 0) is 42.8 Å². The molecule has 0 saturated carbocycles. The minimum Gasteiger partial charge on any atom is -0.497 e. The normalized spacial score (nSPS) is 10.7. The van der Waals surface area contributed by atoms with Gasteiger partial charge in [-0.1, -0.05) is 12.1 Å². The SMILES string of the molecule is COc1ccc(OCCN(C)C(=O)CCCn2cnc3ccccc3c2=O)cc1. The Bertz CT molecular complexity index is 1010. The lowest BCUT2D eigenvalue weighted by Crippen LogP contribution is -2.31. The van der Waals surface area contributed by atoms with Crippen molar-refractivity contribution in [2.24, 2.45) is 0 Å².